The molecule has 4 rings (SSSR count). The van der Waals surface area contributed by atoms with Crippen LogP contribution in [0.4, 0.5) is 0 Å². The van der Waals surface area contributed by atoms with Gasteiger partial charge in [-0.2, -0.15) is 5.26 Å². The zero-order valence-corrected chi connectivity index (χ0v) is 16.3. The molecule has 5 heteroatoms. The van der Waals surface area contributed by atoms with Crippen LogP contribution >= 0.6 is 11.6 Å². The highest BCUT2D eigenvalue weighted by molar-refractivity contribution is 6.30. The van der Waals surface area contributed by atoms with Crippen LogP contribution in [-0.2, 0) is 19.4 Å². The Morgan fingerprint density at radius 3 is 2.46 bits per heavy atom. The molecule has 4 aromatic rings. The first kappa shape index (κ1) is 18.2. The van der Waals surface area contributed by atoms with Crippen molar-refractivity contribution in [2.24, 2.45) is 0 Å². The topological polar surface area (TPSA) is 54.5 Å². The number of fused-ring (bicyclic) bond motifs is 1. The molecule has 0 atom stereocenters. The molecular formula is C23H19ClN4. The minimum atomic E-state index is 0.195. The standard InChI is InChI=1S/C23H19ClN4/c1-16-2-4-17(5-3-16)10-11-28-21(12-18-6-8-20(24)9-7-18)13-19-15-26-22(14-25)27-23(19)28/h2-9,13,15H,10-12H2,1H3. The third-order valence-corrected chi connectivity index (χ3v) is 5.12. The van der Waals surface area contributed by atoms with Crippen molar-refractivity contribution in [2.45, 2.75) is 26.3 Å². The highest BCUT2D eigenvalue weighted by Crippen LogP contribution is 2.22. The quantitative estimate of drug-likeness (QED) is 0.479. The van der Waals surface area contributed by atoms with Gasteiger partial charge in [-0.15, -0.1) is 0 Å². The Labute approximate surface area is 169 Å². The van der Waals surface area contributed by atoms with Crippen LogP contribution in [0.1, 0.15) is 28.2 Å². The van der Waals surface area contributed by atoms with Crippen LogP contribution in [0.5, 0.6) is 0 Å². The van der Waals surface area contributed by atoms with Gasteiger partial charge in [-0.05, 0) is 42.7 Å². The predicted molar refractivity (Wildman–Crippen MR) is 111 cm³/mol. The molecule has 0 amide bonds. The van der Waals surface area contributed by atoms with Crippen LogP contribution < -0.4 is 0 Å². The third-order valence-electron chi connectivity index (χ3n) is 4.86. The summed E-state index contributed by atoms with van der Waals surface area (Å²) in [5.41, 5.74) is 5.66. The maximum atomic E-state index is 9.19. The molecule has 2 heterocycles. The highest BCUT2D eigenvalue weighted by Gasteiger charge is 2.12. The monoisotopic (exact) mass is 386 g/mol. The predicted octanol–water partition coefficient (Wildman–Crippen LogP) is 5.10. The largest absolute Gasteiger partial charge is 0.329 e. The molecule has 0 unspecified atom stereocenters. The number of hydrogen-bond donors (Lipinski definition) is 0. The molecule has 0 aliphatic rings. The second-order valence-corrected chi connectivity index (χ2v) is 7.35. The molecule has 2 aromatic carbocycles. The van der Waals surface area contributed by atoms with Crippen LogP contribution in [0.15, 0.2) is 60.8 Å². The van der Waals surface area contributed by atoms with Crippen molar-refractivity contribution in [3.8, 4) is 6.07 Å². The Bertz CT molecular complexity index is 1150. The summed E-state index contributed by atoms with van der Waals surface area (Å²) in [6.07, 6.45) is 3.39. The third kappa shape index (κ3) is 3.90. The summed E-state index contributed by atoms with van der Waals surface area (Å²) in [6, 6.07) is 20.6. The average Bonchev–Trinajstić information content (AvgIpc) is 3.05. The first-order valence-electron chi connectivity index (χ1n) is 9.17. The van der Waals surface area contributed by atoms with Gasteiger partial charge in [0.25, 0.3) is 0 Å². The van der Waals surface area contributed by atoms with Gasteiger partial charge < -0.3 is 4.57 Å². The summed E-state index contributed by atoms with van der Waals surface area (Å²) in [4.78, 5) is 8.59. The van der Waals surface area contributed by atoms with E-state index in [1.807, 2.05) is 30.3 Å². The lowest BCUT2D eigenvalue weighted by Crippen LogP contribution is -2.07. The average molecular weight is 387 g/mol. The van der Waals surface area contributed by atoms with Gasteiger partial charge in [0.1, 0.15) is 11.7 Å². The van der Waals surface area contributed by atoms with Crippen LogP contribution in [0, 0.1) is 18.3 Å². The Morgan fingerprint density at radius 2 is 1.75 bits per heavy atom. The fourth-order valence-electron chi connectivity index (χ4n) is 3.35. The maximum Gasteiger partial charge on any atom is 0.234 e. The van der Waals surface area contributed by atoms with Crippen molar-refractivity contribution < 1.29 is 0 Å². The van der Waals surface area contributed by atoms with E-state index in [-0.39, 0.29) is 5.82 Å². The fourth-order valence-corrected chi connectivity index (χ4v) is 3.48. The Balaban J connectivity index is 1.70. The molecule has 0 saturated carbocycles. The first-order valence-corrected chi connectivity index (χ1v) is 9.55. The van der Waals surface area contributed by atoms with Crippen LogP contribution in [0.3, 0.4) is 0 Å². The molecule has 0 N–H and O–H groups in total. The van der Waals surface area contributed by atoms with Gasteiger partial charge in [-0.3, -0.25) is 0 Å². The lowest BCUT2D eigenvalue weighted by Gasteiger charge is -2.11. The fraction of sp³-hybridized carbons (Fsp3) is 0.174. The van der Waals surface area contributed by atoms with Crippen molar-refractivity contribution in [1.82, 2.24) is 14.5 Å². The van der Waals surface area contributed by atoms with Gasteiger partial charge in [0.2, 0.25) is 5.82 Å². The van der Waals surface area contributed by atoms with Crippen LogP contribution in [-0.4, -0.2) is 14.5 Å². The molecule has 0 spiro atoms. The molecule has 0 fully saturated rings. The van der Waals surface area contributed by atoms with E-state index in [1.165, 1.54) is 16.7 Å². The number of aromatic nitrogens is 3. The summed E-state index contributed by atoms with van der Waals surface area (Å²) in [7, 11) is 0. The Hall–Kier alpha value is -3.16. The van der Waals surface area contributed by atoms with Gasteiger partial charge in [0.05, 0.1) is 0 Å². The molecule has 0 radical (unpaired) electrons. The van der Waals surface area contributed by atoms with E-state index in [1.54, 1.807) is 6.20 Å². The van der Waals surface area contributed by atoms with Crippen molar-refractivity contribution in [1.29, 1.82) is 5.26 Å². The zero-order chi connectivity index (χ0) is 19.5. The summed E-state index contributed by atoms with van der Waals surface area (Å²) in [5.74, 6) is 0.195. The van der Waals surface area contributed by atoms with Crippen molar-refractivity contribution in [3.63, 3.8) is 0 Å². The normalized spacial score (nSPS) is 10.9. The lowest BCUT2D eigenvalue weighted by molar-refractivity contribution is 0.685. The van der Waals surface area contributed by atoms with Crippen molar-refractivity contribution in [2.75, 3.05) is 0 Å². The Morgan fingerprint density at radius 1 is 1.04 bits per heavy atom. The zero-order valence-electron chi connectivity index (χ0n) is 15.6. The van der Waals surface area contributed by atoms with Gasteiger partial charge in [-0.1, -0.05) is 53.6 Å². The summed E-state index contributed by atoms with van der Waals surface area (Å²) in [5, 5.41) is 10.9. The highest BCUT2D eigenvalue weighted by atomic mass is 35.5. The molecule has 138 valence electrons. The van der Waals surface area contributed by atoms with Gasteiger partial charge in [-0.25, -0.2) is 9.97 Å². The number of aryl methyl sites for hydroxylation is 3. The van der Waals surface area contributed by atoms with E-state index >= 15 is 0 Å². The van der Waals surface area contributed by atoms with Crippen molar-refractivity contribution >= 4 is 22.6 Å². The van der Waals surface area contributed by atoms with E-state index in [4.69, 9.17) is 11.6 Å². The maximum absolute atomic E-state index is 9.19. The number of rotatable bonds is 5. The van der Waals surface area contributed by atoms with Crippen molar-refractivity contribution in [3.05, 3.63) is 94.0 Å². The van der Waals surface area contributed by atoms with Crippen LogP contribution in [0.25, 0.3) is 11.0 Å². The first-order chi connectivity index (χ1) is 13.6. The van der Waals surface area contributed by atoms with Crippen LogP contribution in [0.2, 0.25) is 5.02 Å². The van der Waals surface area contributed by atoms with Gasteiger partial charge in [0, 0.05) is 35.3 Å². The number of nitriles is 1. The van der Waals surface area contributed by atoms with Gasteiger partial charge >= 0.3 is 0 Å². The van der Waals surface area contributed by atoms with E-state index in [9.17, 15) is 5.26 Å². The summed E-state index contributed by atoms with van der Waals surface area (Å²) in [6.45, 7) is 2.88. The molecular weight excluding hydrogens is 368 g/mol. The van der Waals surface area contributed by atoms with E-state index in [0.29, 0.717) is 0 Å². The number of benzene rings is 2. The minimum absolute atomic E-state index is 0.195. The second kappa shape index (κ2) is 7.84. The molecule has 0 saturated heterocycles. The number of hydrogen-bond acceptors (Lipinski definition) is 3. The van der Waals surface area contributed by atoms with E-state index in [2.05, 4.69) is 51.8 Å². The van der Waals surface area contributed by atoms with E-state index in [0.717, 1.165) is 41.1 Å². The second-order valence-electron chi connectivity index (χ2n) is 6.91. The molecule has 2 aromatic heterocycles. The van der Waals surface area contributed by atoms with E-state index < -0.39 is 0 Å². The number of halogens is 1. The molecule has 28 heavy (non-hydrogen) atoms. The summed E-state index contributed by atoms with van der Waals surface area (Å²) < 4.78 is 2.20. The Kier molecular flexibility index (Phi) is 5.10. The van der Waals surface area contributed by atoms with Gasteiger partial charge in [0.15, 0.2) is 0 Å². The summed E-state index contributed by atoms with van der Waals surface area (Å²) >= 11 is 6.02. The smallest absolute Gasteiger partial charge is 0.234 e. The SMILES string of the molecule is Cc1ccc(CCn2c(Cc3ccc(Cl)cc3)cc3cnc(C#N)nc32)cc1. The molecule has 0 bridgehead atoms. The molecule has 4 nitrogen and oxygen atoms in total. The lowest BCUT2D eigenvalue weighted by atomic mass is 10.1. The number of nitrogens with zero attached hydrogens (tertiary/aromatic N) is 4. The minimum Gasteiger partial charge on any atom is -0.329 e. The molecule has 0 aliphatic carbocycles. The molecule has 0 aliphatic heterocycles.